The molecule has 2 atom stereocenters. The van der Waals surface area contributed by atoms with E-state index in [-0.39, 0.29) is 10.9 Å². The number of hydrogen-bond acceptors (Lipinski definition) is 3. The molecule has 0 fully saturated rings. The van der Waals surface area contributed by atoms with Crippen LogP contribution < -0.4 is 11.1 Å². The molecule has 1 aromatic rings. The van der Waals surface area contributed by atoms with Crippen LogP contribution in [0.4, 0.5) is 20.2 Å². The smallest absolute Gasteiger partial charge is 0.161 e. The van der Waals surface area contributed by atoms with Gasteiger partial charge in [-0.15, -0.1) is 0 Å². The van der Waals surface area contributed by atoms with E-state index in [0.717, 1.165) is 12.1 Å². The number of rotatable bonds is 5. The number of nitrogens with two attached hydrogens (primary N) is 1. The Bertz CT molecular complexity index is 426. The zero-order valence-corrected chi connectivity index (χ0v) is 10.6. The summed E-state index contributed by atoms with van der Waals surface area (Å²) in [6, 6.07) is 1.97. The molecule has 0 aliphatic rings. The lowest BCUT2D eigenvalue weighted by molar-refractivity contribution is 0.509. The average molecular weight is 262 g/mol. The first-order chi connectivity index (χ1) is 7.91. The summed E-state index contributed by atoms with van der Waals surface area (Å²) >= 11 is 0. The van der Waals surface area contributed by atoms with E-state index in [4.69, 9.17) is 5.73 Å². The van der Waals surface area contributed by atoms with Gasteiger partial charge in [-0.25, -0.2) is 8.78 Å². The first kappa shape index (κ1) is 13.9. The lowest BCUT2D eigenvalue weighted by atomic mass is 10.2. The van der Waals surface area contributed by atoms with Crippen LogP contribution >= 0.6 is 0 Å². The van der Waals surface area contributed by atoms with Crippen LogP contribution in [0.5, 0.6) is 0 Å². The molecule has 0 aliphatic heterocycles. The van der Waals surface area contributed by atoms with Crippen LogP contribution in [0, 0.1) is 11.6 Å². The van der Waals surface area contributed by atoms with Crippen molar-refractivity contribution in [3.05, 3.63) is 23.8 Å². The van der Waals surface area contributed by atoms with Crippen molar-refractivity contribution in [3.63, 3.8) is 0 Å². The largest absolute Gasteiger partial charge is 0.397 e. The summed E-state index contributed by atoms with van der Waals surface area (Å²) in [5.74, 6) is -1.90. The summed E-state index contributed by atoms with van der Waals surface area (Å²) in [5.41, 5.74) is 6.06. The van der Waals surface area contributed by atoms with Crippen molar-refractivity contribution in [2.75, 3.05) is 23.9 Å². The molecular formula is C11H16F2N2OS. The normalized spacial score (nSPS) is 14.4. The average Bonchev–Trinajstić information content (AvgIpc) is 2.25. The fourth-order valence-corrected chi connectivity index (χ4v) is 1.74. The highest BCUT2D eigenvalue weighted by molar-refractivity contribution is 7.84. The Balaban J connectivity index is 2.58. The van der Waals surface area contributed by atoms with Crippen LogP contribution in [0.2, 0.25) is 0 Å². The topological polar surface area (TPSA) is 55.1 Å². The zero-order valence-electron chi connectivity index (χ0n) is 9.80. The van der Waals surface area contributed by atoms with Crippen LogP contribution in [-0.4, -0.2) is 22.3 Å². The van der Waals surface area contributed by atoms with Crippen molar-refractivity contribution in [1.29, 1.82) is 0 Å². The highest BCUT2D eigenvalue weighted by atomic mass is 32.2. The van der Waals surface area contributed by atoms with Crippen molar-refractivity contribution in [2.24, 2.45) is 0 Å². The van der Waals surface area contributed by atoms with Gasteiger partial charge in [-0.1, -0.05) is 6.92 Å². The Kier molecular flexibility index (Phi) is 4.86. The molecule has 0 aliphatic carbocycles. The molecule has 3 N–H and O–H groups in total. The molecule has 2 unspecified atom stereocenters. The standard InChI is InChI=1S/C11H16F2N2OS/c1-7(17(2)16)3-4-15-11-6-9(13)8(12)5-10(11)14/h5-7,15H,3-4,14H2,1-2H3. The van der Waals surface area contributed by atoms with Gasteiger partial charge < -0.3 is 11.1 Å². The summed E-state index contributed by atoms with van der Waals surface area (Å²) in [7, 11) is -0.887. The fraction of sp³-hybridized carbons (Fsp3) is 0.455. The number of benzene rings is 1. The second kappa shape index (κ2) is 5.95. The van der Waals surface area contributed by atoms with Gasteiger partial charge in [0.2, 0.25) is 0 Å². The van der Waals surface area contributed by atoms with Crippen molar-refractivity contribution < 1.29 is 13.0 Å². The third-order valence-electron chi connectivity index (χ3n) is 2.53. The third-order valence-corrected chi connectivity index (χ3v) is 3.89. The second-order valence-electron chi connectivity index (χ2n) is 3.88. The number of halogens is 2. The summed E-state index contributed by atoms with van der Waals surface area (Å²) in [6.07, 6.45) is 2.30. The zero-order chi connectivity index (χ0) is 13.0. The quantitative estimate of drug-likeness (QED) is 0.799. The Morgan fingerprint density at radius 1 is 1.41 bits per heavy atom. The highest BCUT2D eigenvalue weighted by Gasteiger charge is 2.09. The van der Waals surface area contributed by atoms with Crippen molar-refractivity contribution in [3.8, 4) is 0 Å². The molecular weight excluding hydrogens is 246 g/mol. The van der Waals surface area contributed by atoms with Gasteiger partial charge in [0.25, 0.3) is 0 Å². The van der Waals surface area contributed by atoms with Gasteiger partial charge in [0, 0.05) is 41.0 Å². The highest BCUT2D eigenvalue weighted by Crippen LogP contribution is 2.22. The maximum Gasteiger partial charge on any atom is 0.161 e. The lowest BCUT2D eigenvalue weighted by Gasteiger charge is -2.12. The maximum absolute atomic E-state index is 13.0. The molecule has 3 nitrogen and oxygen atoms in total. The first-order valence-corrected chi connectivity index (χ1v) is 6.84. The Labute approximate surface area is 102 Å². The second-order valence-corrected chi connectivity index (χ2v) is 5.68. The van der Waals surface area contributed by atoms with E-state index >= 15 is 0 Å². The molecule has 0 saturated heterocycles. The van der Waals surface area contributed by atoms with E-state index in [0.29, 0.717) is 18.7 Å². The van der Waals surface area contributed by atoms with Gasteiger partial charge in [-0.3, -0.25) is 4.21 Å². The summed E-state index contributed by atoms with van der Waals surface area (Å²) in [6.45, 7) is 2.38. The van der Waals surface area contributed by atoms with Crippen molar-refractivity contribution >= 4 is 22.2 Å². The molecule has 0 saturated carbocycles. The van der Waals surface area contributed by atoms with Crippen molar-refractivity contribution in [2.45, 2.75) is 18.6 Å². The van der Waals surface area contributed by atoms with Gasteiger partial charge in [-0.05, 0) is 6.42 Å². The summed E-state index contributed by atoms with van der Waals surface area (Å²) < 4.78 is 36.8. The van der Waals surface area contributed by atoms with Crippen LogP contribution in [0.25, 0.3) is 0 Å². The molecule has 0 aromatic heterocycles. The van der Waals surface area contributed by atoms with E-state index in [1.165, 1.54) is 0 Å². The molecule has 0 bridgehead atoms. The minimum atomic E-state index is -0.962. The van der Waals surface area contributed by atoms with Crippen molar-refractivity contribution in [1.82, 2.24) is 0 Å². The van der Waals surface area contributed by atoms with Crippen LogP contribution in [-0.2, 0) is 10.8 Å². The van der Waals surface area contributed by atoms with Crippen LogP contribution in [0.3, 0.4) is 0 Å². The minimum Gasteiger partial charge on any atom is -0.397 e. The van der Waals surface area contributed by atoms with Gasteiger partial charge in [0.05, 0.1) is 11.4 Å². The maximum atomic E-state index is 13.0. The Morgan fingerprint density at radius 2 is 2.00 bits per heavy atom. The molecule has 0 radical (unpaired) electrons. The monoisotopic (exact) mass is 262 g/mol. The fourth-order valence-electron chi connectivity index (χ4n) is 1.29. The Morgan fingerprint density at radius 3 is 2.59 bits per heavy atom. The van der Waals surface area contributed by atoms with E-state index in [1.54, 1.807) is 6.26 Å². The molecule has 1 rings (SSSR count). The predicted octanol–water partition coefficient (Wildman–Crippen LogP) is 2.12. The van der Waals surface area contributed by atoms with E-state index in [1.807, 2.05) is 6.92 Å². The van der Waals surface area contributed by atoms with Gasteiger partial charge in [0.1, 0.15) is 0 Å². The lowest BCUT2D eigenvalue weighted by Crippen LogP contribution is -2.15. The molecule has 17 heavy (non-hydrogen) atoms. The van der Waals surface area contributed by atoms with E-state index in [2.05, 4.69) is 5.32 Å². The van der Waals surface area contributed by atoms with Crippen LogP contribution in [0.1, 0.15) is 13.3 Å². The molecule has 1 aromatic carbocycles. The predicted molar refractivity (Wildman–Crippen MR) is 67.4 cm³/mol. The molecule has 0 amide bonds. The Hall–Kier alpha value is -1.17. The van der Waals surface area contributed by atoms with Gasteiger partial charge >= 0.3 is 0 Å². The van der Waals surface area contributed by atoms with Gasteiger partial charge in [-0.2, -0.15) is 0 Å². The van der Waals surface area contributed by atoms with E-state index < -0.39 is 22.4 Å². The number of hydrogen-bond donors (Lipinski definition) is 2. The number of nitrogens with one attached hydrogen (secondary N) is 1. The van der Waals surface area contributed by atoms with Crippen LogP contribution in [0.15, 0.2) is 12.1 Å². The molecule has 0 spiro atoms. The minimum absolute atomic E-state index is 0.0500. The first-order valence-electron chi connectivity index (χ1n) is 5.22. The van der Waals surface area contributed by atoms with E-state index in [9.17, 15) is 13.0 Å². The number of nitrogen functional groups attached to an aromatic ring is 1. The SMILES string of the molecule is CC(CCNc1cc(F)c(F)cc1N)S(C)=O. The number of anilines is 2. The molecule has 96 valence electrons. The summed E-state index contributed by atoms with van der Waals surface area (Å²) in [5, 5.41) is 2.95. The molecule has 6 heteroatoms. The third kappa shape index (κ3) is 3.96. The summed E-state index contributed by atoms with van der Waals surface area (Å²) in [4.78, 5) is 0. The van der Waals surface area contributed by atoms with Gasteiger partial charge in [0.15, 0.2) is 11.6 Å². The molecule has 0 heterocycles.